The van der Waals surface area contributed by atoms with E-state index >= 15 is 0 Å². The van der Waals surface area contributed by atoms with Crippen LogP contribution >= 0.6 is 0 Å². The van der Waals surface area contributed by atoms with Gasteiger partial charge < -0.3 is 23.9 Å². The second-order valence-electron chi connectivity index (χ2n) is 8.68. The number of nitrogens with one attached hydrogen (secondary N) is 1. The largest absolute Gasteiger partial charge is 0.497 e. The summed E-state index contributed by atoms with van der Waals surface area (Å²) in [6.07, 6.45) is 5.09. The third-order valence-corrected chi connectivity index (χ3v) is 6.30. The van der Waals surface area contributed by atoms with Gasteiger partial charge in [0.2, 0.25) is 5.91 Å². The highest BCUT2D eigenvalue weighted by molar-refractivity contribution is 5.77. The molecule has 4 rings (SSSR count). The lowest BCUT2D eigenvalue weighted by Crippen LogP contribution is -2.38. The van der Waals surface area contributed by atoms with E-state index in [9.17, 15) is 4.79 Å². The summed E-state index contributed by atoms with van der Waals surface area (Å²) in [7, 11) is 3.26. The van der Waals surface area contributed by atoms with Gasteiger partial charge in [0.05, 0.1) is 33.1 Å². The number of morpholine rings is 1. The summed E-state index contributed by atoms with van der Waals surface area (Å²) in [6.45, 7) is 7.16. The highest BCUT2D eigenvalue weighted by Crippen LogP contribution is 2.34. The zero-order chi connectivity index (χ0) is 23.9. The van der Waals surface area contributed by atoms with Crippen molar-refractivity contribution >= 4 is 11.6 Å². The number of aryl methyl sites for hydroxylation is 1. The second kappa shape index (κ2) is 11.4. The SMILES string of the molecule is COc1cc(OC)cc(C(CC(=O)NCCCN2CCOCC2)c2cnc3cc(C)ccn23)c1. The zero-order valence-corrected chi connectivity index (χ0v) is 20.3. The van der Waals surface area contributed by atoms with E-state index in [1.807, 2.05) is 49.6 Å². The average molecular weight is 467 g/mol. The molecule has 34 heavy (non-hydrogen) atoms. The standard InChI is InChI=1S/C26H34N4O4/c1-19-5-8-30-24(18-28-25(30)13-19)23(20-14-21(32-2)16-22(15-20)33-3)17-26(31)27-6-4-7-29-9-11-34-12-10-29/h5,8,13-16,18,23H,4,6-7,9-12,17H2,1-3H3,(H,27,31). The summed E-state index contributed by atoms with van der Waals surface area (Å²) in [5.74, 6) is 1.18. The van der Waals surface area contributed by atoms with Crippen molar-refractivity contribution < 1.29 is 19.0 Å². The van der Waals surface area contributed by atoms with E-state index in [0.717, 1.165) is 61.7 Å². The van der Waals surface area contributed by atoms with Crippen molar-refractivity contribution in [2.45, 2.75) is 25.7 Å². The van der Waals surface area contributed by atoms with Gasteiger partial charge in [-0.25, -0.2) is 4.98 Å². The number of rotatable bonds is 10. The minimum atomic E-state index is -0.207. The Kier molecular flexibility index (Phi) is 8.03. The monoisotopic (exact) mass is 466 g/mol. The van der Waals surface area contributed by atoms with Crippen LogP contribution < -0.4 is 14.8 Å². The number of hydrogen-bond acceptors (Lipinski definition) is 6. The van der Waals surface area contributed by atoms with Gasteiger partial charge in [-0.05, 0) is 55.3 Å². The molecular weight excluding hydrogens is 432 g/mol. The Morgan fingerprint density at radius 2 is 1.88 bits per heavy atom. The van der Waals surface area contributed by atoms with Gasteiger partial charge in [-0.2, -0.15) is 0 Å². The van der Waals surface area contributed by atoms with Crippen LogP contribution in [0.1, 0.15) is 35.6 Å². The number of imidazole rings is 1. The van der Waals surface area contributed by atoms with Crippen molar-refractivity contribution in [3.8, 4) is 11.5 Å². The third-order valence-electron chi connectivity index (χ3n) is 6.30. The number of aromatic nitrogens is 2. The van der Waals surface area contributed by atoms with Crippen LogP contribution in [0.25, 0.3) is 5.65 Å². The first-order valence-corrected chi connectivity index (χ1v) is 11.8. The van der Waals surface area contributed by atoms with E-state index in [0.29, 0.717) is 24.5 Å². The Morgan fingerprint density at radius 3 is 2.59 bits per heavy atom. The Balaban J connectivity index is 1.52. The fraction of sp³-hybridized carbons (Fsp3) is 0.462. The highest BCUT2D eigenvalue weighted by Gasteiger charge is 2.23. The molecule has 1 aliphatic heterocycles. The van der Waals surface area contributed by atoms with Crippen LogP contribution in [-0.2, 0) is 9.53 Å². The fourth-order valence-corrected chi connectivity index (χ4v) is 4.40. The second-order valence-corrected chi connectivity index (χ2v) is 8.68. The minimum Gasteiger partial charge on any atom is -0.497 e. The molecule has 0 saturated carbocycles. The predicted octanol–water partition coefficient (Wildman–Crippen LogP) is 3.02. The van der Waals surface area contributed by atoms with Crippen molar-refractivity contribution in [2.75, 3.05) is 53.6 Å². The van der Waals surface area contributed by atoms with Gasteiger partial charge in [0.15, 0.2) is 0 Å². The van der Waals surface area contributed by atoms with E-state index in [1.165, 1.54) is 0 Å². The van der Waals surface area contributed by atoms with Crippen molar-refractivity contribution in [1.82, 2.24) is 19.6 Å². The van der Waals surface area contributed by atoms with Gasteiger partial charge in [0.25, 0.3) is 0 Å². The molecular formula is C26H34N4O4. The predicted molar refractivity (Wildman–Crippen MR) is 131 cm³/mol. The van der Waals surface area contributed by atoms with E-state index < -0.39 is 0 Å². The number of ether oxygens (including phenoxy) is 3. The maximum absolute atomic E-state index is 13.0. The number of pyridine rings is 1. The van der Waals surface area contributed by atoms with Crippen LogP contribution in [0, 0.1) is 6.92 Å². The molecule has 2 aromatic heterocycles. The fourth-order valence-electron chi connectivity index (χ4n) is 4.40. The maximum Gasteiger partial charge on any atom is 0.221 e. The first-order valence-electron chi connectivity index (χ1n) is 11.8. The molecule has 1 unspecified atom stereocenters. The van der Waals surface area contributed by atoms with E-state index in [4.69, 9.17) is 14.2 Å². The Hall–Kier alpha value is -3.10. The molecule has 0 spiro atoms. The molecule has 1 N–H and O–H groups in total. The molecule has 8 heteroatoms. The van der Waals surface area contributed by atoms with Crippen molar-refractivity contribution in [3.05, 3.63) is 59.5 Å². The third kappa shape index (κ3) is 5.87. The van der Waals surface area contributed by atoms with Gasteiger partial charge in [-0.1, -0.05) is 0 Å². The zero-order valence-electron chi connectivity index (χ0n) is 20.3. The van der Waals surface area contributed by atoms with Gasteiger partial charge in [-0.15, -0.1) is 0 Å². The Labute approximate surface area is 200 Å². The van der Waals surface area contributed by atoms with Gasteiger partial charge in [0, 0.05) is 50.4 Å². The number of amides is 1. The molecule has 1 aliphatic rings. The van der Waals surface area contributed by atoms with Gasteiger partial charge in [-0.3, -0.25) is 9.69 Å². The molecule has 3 aromatic rings. The van der Waals surface area contributed by atoms with Crippen LogP contribution in [0.3, 0.4) is 0 Å². The van der Waals surface area contributed by atoms with E-state index in [-0.39, 0.29) is 11.8 Å². The lowest BCUT2D eigenvalue weighted by molar-refractivity contribution is -0.121. The Bertz CT molecular complexity index is 1090. The Morgan fingerprint density at radius 1 is 1.15 bits per heavy atom. The first kappa shape index (κ1) is 24.0. The quantitative estimate of drug-likeness (QED) is 0.463. The molecule has 182 valence electrons. The normalized spacial score (nSPS) is 15.3. The summed E-state index contributed by atoms with van der Waals surface area (Å²) in [6, 6.07) is 9.86. The maximum atomic E-state index is 13.0. The van der Waals surface area contributed by atoms with Crippen molar-refractivity contribution in [3.63, 3.8) is 0 Å². The van der Waals surface area contributed by atoms with Crippen molar-refractivity contribution in [2.24, 2.45) is 0 Å². The molecule has 8 nitrogen and oxygen atoms in total. The van der Waals surface area contributed by atoms with Crippen LogP contribution in [0.15, 0.2) is 42.7 Å². The van der Waals surface area contributed by atoms with Gasteiger partial charge in [0.1, 0.15) is 17.1 Å². The molecule has 1 saturated heterocycles. The van der Waals surface area contributed by atoms with E-state index in [1.54, 1.807) is 14.2 Å². The topological polar surface area (TPSA) is 77.3 Å². The first-order chi connectivity index (χ1) is 16.6. The van der Waals surface area contributed by atoms with E-state index in [2.05, 4.69) is 19.6 Å². The van der Waals surface area contributed by atoms with Crippen molar-refractivity contribution in [1.29, 1.82) is 0 Å². The number of carbonyl (C=O) groups is 1. The van der Waals surface area contributed by atoms with Crippen LogP contribution in [0.4, 0.5) is 0 Å². The lowest BCUT2D eigenvalue weighted by atomic mass is 9.91. The number of nitrogens with zero attached hydrogens (tertiary/aromatic N) is 3. The lowest BCUT2D eigenvalue weighted by Gasteiger charge is -2.26. The molecule has 1 aromatic carbocycles. The number of fused-ring (bicyclic) bond motifs is 1. The number of benzene rings is 1. The molecule has 1 fully saturated rings. The number of hydrogen-bond donors (Lipinski definition) is 1. The molecule has 3 heterocycles. The minimum absolute atomic E-state index is 0.0100. The van der Waals surface area contributed by atoms with Gasteiger partial charge >= 0.3 is 0 Å². The van der Waals surface area contributed by atoms with Crippen LogP contribution in [-0.4, -0.2) is 73.8 Å². The number of methoxy groups -OCH3 is 2. The smallest absolute Gasteiger partial charge is 0.221 e. The highest BCUT2D eigenvalue weighted by atomic mass is 16.5. The average Bonchev–Trinajstić information content (AvgIpc) is 3.28. The molecule has 0 bridgehead atoms. The summed E-state index contributed by atoms with van der Waals surface area (Å²) >= 11 is 0. The molecule has 0 radical (unpaired) electrons. The molecule has 1 atom stereocenters. The molecule has 1 amide bonds. The number of carbonyl (C=O) groups excluding carboxylic acids is 1. The van der Waals surface area contributed by atoms with Crippen LogP contribution in [0.2, 0.25) is 0 Å². The summed E-state index contributed by atoms with van der Waals surface area (Å²) in [5.41, 5.74) is 3.90. The summed E-state index contributed by atoms with van der Waals surface area (Å²) < 4.78 is 18.4. The molecule has 0 aliphatic carbocycles. The summed E-state index contributed by atoms with van der Waals surface area (Å²) in [4.78, 5) is 20.0. The summed E-state index contributed by atoms with van der Waals surface area (Å²) in [5, 5.41) is 3.11. The van der Waals surface area contributed by atoms with Crippen LogP contribution in [0.5, 0.6) is 11.5 Å².